The number of rotatable bonds is 5. The highest BCUT2D eigenvalue weighted by atomic mass is 32.2. The van der Waals surface area contributed by atoms with Gasteiger partial charge in [-0.1, -0.05) is 12.1 Å². The summed E-state index contributed by atoms with van der Waals surface area (Å²) in [6, 6.07) is 12.4. The fourth-order valence-corrected chi connectivity index (χ4v) is 3.83. The maximum absolute atomic E-state index is 14.3. The molecule has 0 spiro atoms. The SMILES string of the molecule is CS(=O)(=O)c1ccc(CNC(=O)c2ccc3cncc(-c4cc(F)ccc4F)c3n2)cc1. The summed E-state index contributed by atoms with van der Waals surface area (Å²) in [7, 11) is -3.30. The number of benzene rings is 2. The average molecular weight is 453 g/mol. The number of halogens is 2. The van der Waals surface area contributed by atoms with E-state index in [1.165, 1.54) is 30.6 Å². The highest BCUT2D eigenvalue weighted by molar-refractivity contribution is 7.90. The molecule has 0 atom stereocenters. The first-order valence-electron chi connectivity index (χ1n) is 9.50. The van der Waals surface area contributed by atoms with Crippen LogP contribution in [0.1, 0.15) is 16.1 Å². The largest absolute Gasteiger partial charge is 0.347 e. The quantitative estimate of drug-likeness (QED) is 0.495. The van der Waals surface area contributed by atoms with Gasteiger partial charge in [-0.2, -0.15) is 0 Å². The molecule has 0 saturated carbocycles. The van der Waals surface area contributed by atoms with Crippen molar-refractivity contribution in [2.45, 2.75) is 11.4 Å². The molecule has 0 aliphatic carbocycles. The first-order chi connectivity index (χ1) is 15.2. The van der Waals surface area contributed by atoms with Crippen molar-refractivity contribution >= 4 is 26.6 Å². The van der Waals surface area contributed by atoms with Gasteiger partial charge in [0.1, 0.15) is 17.3 Å². The topological polar surface area (TPSA) is 89.0 Å². The van der Waals surface area contributed by atoms with Crippen molar-refractivity contribution in [2.24, 2.45) is 0 Å². The molecule has 162 valence electrons. The molecule has 1 amide bonds. The summed E-state index contributed by atoms with van der Waals surface area (Å²) in [4.78, 5) is 21.2. The molecule has 2 heterocycles. The summed E-state index contributed by atoms with van der Waals surface area (Å²) in [6.45, 7) is 0.157. The summed E-state index contributed by atoms with van der Waals surface area (Å²) in [5.41, 5.74) is 1.38. The van der Waals surface area contributed by atoms with Gasteiger partial charge in [0.05, 0.1) is 10.4 Å². The molecule has 0 aliphatic heterocycles. The lowest BCUT2D eigenvalue weighted by Crippen LogP contribution is -2.23. The van der Waals surface area contributed by atoms with Gasteiger partial charge < -0.3 is 5.32 Å². The van der Waals surface area contributed by atoms with Crippen molar-refractivity contribution in [2.75, 3.05) is 6.26 Å². The van der Waals surface area contributed by atoms with E-state index >= 15 is 0 Å². The lowest BCUT2D eigenvalue weighted by molar-refractivity contribution is 0.0946. The molecule has 2 aromatic carbocycles. The van der Waals surface area contributed by atoms with Crippen LogP contribution in [-0.2, 0) is 16.4 Å². The van der Waals surface area contributed by atoms with Crippen molar-refractivity contribution in [3.05, 3.63) is 89.9 Å². The van der Waals surface area contributed by atoms with Gasteiger partial charge >= 0.3 is 0 Å². The minimum Gasteiger partial charge on any atom is -0.347 e. The number of carbonyl (C=O) groups is 1. The summed E-state index contributed by atoms with van der Waals surface area (Å²) >= 11 is 0. The molecule has 6 nitrogen and oxygen atoms in total. The van der Waals surface area contributed by atoms with Crippen LogP contribution in [0.5, 0.6) is 0 Å². The van der Waals surface area contributed by atoms with E-state index in [1.807, 2.05) is 0 Å². The van der Waals surface area contributed by atoms with Gasteiger partial charge in [0.2, 0.25) is 0 Å². The molecule has 0 radical (unpaired) electrons. The van der Waals surface area contributed by atoms with Gasteiger partial charge in [-0.15, -0.1) is 0 Å². The molecule has 4 rings (SSSR count). The van der Waals surface area contributed by atoms with Crippen molar-refractivity contribution in [1.82, 2.24) is 15.3 Å². The summed E-state index contributed by atoms with van der Waals surface area (Å²) < 4.78 is 51.1. The summed E-state index contributed by atoms with van der Waals surface area (Å²) in [5, 5.41) is 3.29. The number of pyridine rings is 2. The molecular formula is C23H17F2N3O3S. The van der Waals surface area contributed by atoms with Crippen molar-refractivity contribution < 1.29 is 22.0 Å². The monoisotopic (exact) mass is 453 g/mol. The Morgan fingerprint density at radius 1 is 0.969 bits per heavy atom. The Bertz CT molecular complexity index is 1440. The standard InChI is InChI=1S/C23H17F2N3O3S/c1-32(30,31)17-6-2-14(3-7-17)11-27-23(29)21-9-4-15-12-26-13-19(22(15)28-21)18-10-16(24)5-8-20(18)25/h2-10,12-13H,11H2,1H3,(H,27,29). The van der Waals surface area contributed by atoms with Crippen molar-refractivity contribution in [3.8, 4) is 11.1 Å². The Labute approximate surface area is 182 Å². The molecule has 0 saturated heterocycles. The number of fused-ring (bicyclic) bond motifs is 1. The van der Waals surface area contributed by atoms with Crippen LogP contribution in [0.25, 0.3) is 22.0 Å². The molecule has 0 bridgehead atoms. The Hall–Kier alpha value is -3.72. The number of hydrogen-bond acceptors (Lipinski definition) is 5. The molecule has 0 fully saturated rings. The fourth-order valence-electron chi connectivity index (χ4n) is 3.20. The van der Waals surface area contributed by atoms with E-state index in [-0.39, 0.29) is 28.3 Å². The minimum absolute atomic E-state index is 0.000811. The van der Waals surface area contributed by atoms with Crippen LogP contribution < -0.4 is 5.32 Å². The number of hydrogen-bond donors (Lipinski definition) is 1. The average Bonchev–Trinajstić information content (AvgIpc) is 2.78. The van der Waals surface area contributed by atoms with Gasteiger partial charge in [0.15, 0.2) is 9.84 Å². The van der Waals surface area contributed by atoms with Gasteiger partial charge in [0, 0.05) is 41.7 Å². The zero-order valence-corrected chi connectivity index (χ0v) is 17.7. The maximum Gasteiger partial charge on any atom is 0.270 e. The predicted molar refractivity (Wildman–Crippen MR) is 116 cm³/mol. The molecule has 1 N–H and O–H groups in total. The molecule has 9 heteroatoms. The smallest absolute Gasteiger partial charge is 0.270 e. The van der Waals surface area contributed by atoms with E-state index < -0.39 is 27.4 Å². The normalized spacial score (nSPS) is 11.5. The number of amides is 1. The van der Waals surface area contributed by atoms with Crippen LogP contribution in [-0.4, -0.2) is 30.5 Å². The molecule has 2 aromatic heterocycles. The minimum atomic E-state index is -3.30. The molecule has 32 heavy (non-hydrogen) atoms. The van der Waals surface area contributed by atoms with Crippen LogP contribution in [0.2, 0.25) is 0 Å². The highest BCUT2D eigenvalue weighted by Crippen LogP contribution is 2.29. The van der Waals surface area contributed by atoms with E-state index in [0.717, 1.165) is 24.5 Å². The summed E-state index contributed by atoms with van der Waals surface area (Å²) in [5.74, 6) is -1.70. The fraction of sp³-hybridized carbons (Fsp3) is 0.0870. The summed E-state index contributed by atoms with van der Waals surface area (Å²) in [6.07, 6.45) is 4.01. The molecular weight excluding hydrogens is 436 g/mol. The third-order valence-corrected chi connectivity index (χ3v) is 5.98. The molecule has 0 unspecified atom stereocenters. The van der Waals surface area contributed by atoms with Crippen molar-refractivity contribution in [3.63, 3.8) is 0 Å². The van der Waals surface area contributed by atoms with E-state index in [9.17, 15) is 22.0 Å². The predicted octanol–water partition coefficient (Wildman–Crippen LogP) is 3.91. The van der Waals surface area contributed by atoms with Gasteiger partial charge in [-0.3, -0.25) is 9.78 Å². The number of aromatic nitrogens is 2. The maximum atomic E-state index is 14.3. The van der Waals surface area contributed by atoms with Crippen LogP contribution in [0.3, 0.4) is 0 Å². The Kier molecular flexibility index (Phi) is 5.67. The first-order valence-corrected chi connectivity index (χ1v) is 11.4. The van der Waals surface area contributed by atoms with Gasteiger partial charge in [-0.05, 0) is 48.0 Å². The zero-order valence-electron chi connectivity index (χ0n) is 16.8. The Morgan fingerprint density at radius 3 is 2.44 bits per heavy atom. The van der Waals surface area contributed by atoms with Gasteiger partial charge in [0.25, 0.3) is 5.91 Å². The highest BCUT2D eigenvalue weighted by Gasteiger charge is 2.15. The van der Waals surface area contributed by atoms with Crippen molar-refractivity contribution in [1.29, 1.82) is 0 Å². The first kappa shape index (κ1) is 21.5. The number of carbonyl (C=O) groups excluding carboxylic acids is 1. The van der Waals surface area contributed by atoms with Crippen LogP contribution in [0, 0.1) is 11.6 Å². The molecule has 4 aromatic rings. The second-order valence-corrected chi connectivity index (χ2v) is 9.19. The zero-order chi connectivity index (χ0) is 22.9. The number of nitrogens with zero attached hydrogens (tertiary/aromatic N) is 2. The Balaban J connectivity index is 1.61. The lowest BCUT2D eigenvalue weighted by atomic mass is 10.0. The second-order valence-electron chi connectivity index (χ2n) is 7.18. The van der Waals surface area contributed by atoms with Crippen LogP contribution >= 0.6 is 0 Å². The number of sulfone groups is 1. The van der Waals surface area contributed by atoms with E-state index in [4.69, 9.17) is 0 Å². The van der Waals surface area contributed by atoms with Crippen LogP contribution in [0.15, 0.2) is 71.9 Å². The molecule has 0 aliphatic rings. The van der Waals surface area contributed by atoms with Gasteiger partial charge in [-0.25, -0.2) is 22.2 Å². The lowest BCUT2D eigenvalue weighted by Gasteiger charge is -2.10. The second kappa shape index (κ2) is 8.43. The Morgan fingerprint density at radius 2 is 1.72 bits per heavy atom. The van der Waals surface area contributed by atoms with E-state index in [1.54, 1.807) is 18.2 Å². The third-order valence-electron chi connectivity index (χ3n) is 4.85. The van der Waals surface area contributed by atoms with E-state index in [0.29, 0.717) is 16.5 Å². The number of nitrogens with one attached hydrogen (secondary N) is 1. The van der Waals surface area contributed by atoms with E-state index in [2.05, 4.69) is 15.3 Å². The third kappa shape index (κ3) is 4.47. The van der Waals surface area contributed by atoms with Crippen LogP contribution in [0.4, 0.5) is 8.78 Å².